The van der Waals surface area contributed by atoms with Crippen molar-refractivity contribution in [2.45, 2.75) is 13.5 Å². The van der Waals surface area contributed by atoms with E-state index in [1.165, 1.54) is 23.8 Å². The second kappa shape index (κ2) is 8.44. The third-order valence-electron chi connectivity index (χ3n) is 3.03. The molecule has 0 radical (unpaired) electrons. The van der Waals surface area contributed by atoms with Gasteiger partial charge in [0.2, 0.25) is 5.91 Å². The normalized spacial score (nSPS) is 9.96. The van der Waals surface area contributed by atoms with Crippen molar-refractivity contribution in [2.24, 2.45) is 0 Å². The number of ether oxygens (including phenoxy) is 1. The van der Waals surface area contributed by atoms with Gasteiger partial charge in [-0.25, -0.2) is 0 Å². The van der Waals surface area contributed by atoms with E-state index < -0.39 is 18.5 Å². The van der Waals surface area contributed by atoms with Crippen LogP contribution in [0.2, 0.25) is 0 Å². The summed E-state index contributed by atoms with van der Waals surface area (Å²) in [5.74, 6) is -1.46. The Balaban J connectivity index is 1.84. The van der Waals surface area contributed by atoms with Gasteiger partial charge < -0.3 is 19.9 Å². The van der Waals surface area contributed by atoms with E-state index in [0.717, 1.165) is 0 Å². The highest BCUT2D eigenvalue weighted by molar-refractivity contribution is 5.94. The molecule has 1 aromatic heterocycles. The molecule has 0 aliphatic carbocycles. The molecule has 0 aliphatic rings. The van der Waals surface area contributed by atoms with Crippen molar-refractivity contribution in [3.63, 3.8) is 0 Å². The van der Waals surface area contributed by atoms with Gasteiger partial charge >= 0.3 is 5.97 Å². The number of nitrogens with zero attached hydrogens (tertiary/aromatic N) is 1. The van der Waals surface area contributed by atoms with Gasteiger partial charge in [-0.1, -0.05) is 12.1 Å². The van der Waals surface area contributed by atoms with E-state index in [4.69, 9.17) is 4.74 Å². The largest absolute Gasteiger partial charge is 0.454 e. The minimum absolute atomic E-state index is 0.228. The number of nitrogens with one attached hydrogen (secondary N) is 2. The predicted molar refractivity (Wildman–Crippen MR) is 91.0 cm³/mol. The van der Waals surface area contributed by atoms with Gasteiger partial charge in [-0.2, -0.15) is 0 Å². The smallest absolute Gasteiger partial charge is 0.326 e. The lowest BCUT2D eigenvalue weighted by Gasteiger charge is -2.09. The maximum absolute atomic E-state index is 11.8. The lowest BCUT2D eigenvalue weighted by molar-refractivity contribution is -0.147. The van der Waals surface area contributed by atoms with E-state index in [1.54, 1.807) is 36.4 Å². The summed E-state index contributed by atoms with van der Waals surface area (Å²) in [4.78, 5) is 46.0. The fourth-order valence-corrected chi connectivity index (χ4v) is 2.00. The van der Waals surface area contributed by atoms with Crippen molar-refractivity contribution in [3.05, 3.63) is 59.0 Å². The highest BCUT2D eigenvalue weighted by Crippen LogP contribution is 2.14. The molecule has 0 bridgehead atoms. The Hall–Kier alpha value is -3.42. The molecule has 0 fully saturated rings. The first-order valence-electron chi connectivity index (χ1n) is 7.42. The number of carbonyl (C=O) groups excluding carboxylic acids is 3. The molecule has 2 aromatic rings. The van der Waals surface area contributed by atoms with Gasteiger partial charge in [-0.05, 0) is 24.3 Å². The molecule has 1 aromatic carbocycles. The highest BCUT2D eigenvalue weighted by atomic mass is 16.5. The first kappa shape index (κ1) is 17.9. The van der Waals surface area contributed by atoms with Gasteiger partial charge in [0.15, 0.2) is 6.61 Å². The lowest BCUT2D eigenvalue weighted by Crippen LogP contribution is -2.26. The molecule has 8 nitrogen and oxygen atoms in total. The summed E-state index contributed by atoms with van der Waals surface area (Å²) in [5.41, 5.74) is 0.649. The van der Waals surface area contributed by atoms with Crippen LogP contribution in [0.5, 0.6) is 0 Å². The summed E-state index contributed by atoms with van der Waals surface area (Å²) in [6.45, 7) is 0.624. The van der Waals surface area contributed by atoms with Crippen molar-refractivity contribution in [1.29, 1.82) is 0 Å². The van der Waals surface area contributed by atoms with Crippen LogP contribution in [0.3, 0.4) is 0 Å². The van der Waals surface area contributed by atoms with Crippen molar-refractivity contribution >= 4 is 29.2 Å². The van der Waals surface area contributed by atoms with Crippen molar-refractivity contribution in [3.8, 4) is 0 Å². The maximum atomic E-state index is 11.8. The van der Waals surface area contributed by atoms with Crippen LogP contribution in [-0.4, -0.2) is 29.0 Å². The Labute approximate surface area is 143 Å². The van der Waals surface area contributed by atoms with E-state index in [9.17, 15) is 19.2 Å². The number of carbonyl (C=O) groups is 3. The van der Waals surface area contributed by atoms with Gasteiger partial charge in [0.1, 0.15) is 6.54 Å². The molecular weight excluding hydrogens is 326 g/mol. The van der Waals surface area contributed by atoms with Crippen LogP contribution >= 0.6 is 0 Å². The Morgan fingerprint density at radius 1 is 1.04 bits per heavy atom. The van der Waals surface area contributed by atoms with Crippen LogP contribution in [0.15, 0.2) is 53.5 Å². The van der Waals surface area contributed by atoms with Crippen LogP contribution in [-0.2, 0) is 25.7 Å². The minimum atomic E-state index is -0.699. The van der Waals surface area contributed by atoms with Gasteiger partial charge in [0, 0.05) is 30.6 Å². The second-order valence-electron chi connectivity index (χ2n) is 5.14. The summed E-state index contributed by atoms with van der Waals surface area (Å²) >= 11 is 0. The molecule has 0 spiro atoms. The van der Waals surface area contributed by atoms with Gasteiger partial charge in [0.25, 0.3) is 11.5 Å². The van der Waals surface area contributed by atoms with E-state index in [-0.39, 0.29) is 18.0 Å². The van der Waals surface area contributed by atoms with Crippen molar-refractivity contribution in [1.82, 2.24) is 4.57 Å². The average molecular weight is 343 g/mol. The number of hydrogen-bond acceptors (Lipinski definition) is 5. The van der Waals surface area contributed by atoms with Crippen LogP contribution in [0.4, 0.5) is 11.4 Å². The topological polar surface area (TPSA) is 106 Å². The zero-order chi connectivity index (χ0) is 18.2. The number of benzene rings is 1. The number of pyridine rings is 1. The van der Waals surface area contributed by atoms with Crippen LogP contribution in [0, 0.1) is 0 Å². The number of hydrogen-bond donors (Lipinski definition) is 2. The highest BCUT2D eigenvalue weighted by Gasteiger charge is 2.09. The Morgan fingerprint density at radius 2 is 1.76 bits per heavy atom. The molecule has 8 heteroatoms. The molecule has 0 saturated carbocycles. The zero-order valence-electron chi connectivity index (χ0n) is 13.5. The summed E-state index contributed by atoms with van der Waals surface area (Å²) in [5, 5.41) is 5.14. The van der Waals surface area contributed by atoms with Crippen molar-refractivity contribution < 1.29 is 19.1 Å². The van der Waals surface area contributed by atoms with Crippen LogP contribution in [0.25, 0.3) is 0 Å². The molecule has 1 heterocycles. The minimum Gasteiger partial charge on any atom is -0.454 e. The standard InChI is InChI=1S/C17H17N3O5/c1-12(21)18-13-5-4-6-14(9-13)19-15(22)11-25-17(24)10-20-8-3-2-7-16(20)23/h2-9H,10-11H2,1H3,(H,18,21)(H,19,22). The third kappa shape index (κ3) is 5.94. The summed E-state index contributed by atoms with van der Waals surface area (Å²) in [6.07, 6.45) is 1.46. The quantitative estimate of drug-likeness (QED) is 0.761. The summed E-state index contributed by atoms with van der Waals surface area (Å²) in [6, 6.07) is 11.0. The molecule has 2 N–H and O–H groups in total. The van der Waals surface area contributed by atoms with Crippen molar-refractivity contribution in [2.75, 3.05) is 17.2 Å². The molecule has 2 rings (SSSR count). The van der Waals surface area contributed by atoms with E-state index in [0.29, 0.717) is 11.4 Å². The number of amides is 2. The third-order valence-corrected chi connectivity index (χ3v) is 3.03. The molecule has 0 unspecified atom stereocenters. The Morgan fingerprint density at radius 3 is 2.44 bits per heavy atom. The summed E-state index contributed by atoms with van der Waals surface area (Å²) in [7, 11) is 0. The maximum Gasteiger partial charge on any atom is 0.326 e. The molecular formula is C17H17N3O5. The van der Waals surface area contributed by atoms with E-state index in [1.807, 2.05) is 0 Å². The fraction of sp³-hybridized carbons (Fsp3) is 0.176. The molecule has 25 heavy (non-hydrogen) atoms. The number of esters is 1. The second-order valence-corrected chi connectivity index (χ2v) is 5.14. The van der Waals surface area contributed by atoms with Gasteiger partial charge in [-0.15, -0.1) is 0 Å². The van der Waals surface area contributed by atoms with Gasteiger partial charge in [0.05, 0.1) is 0 Å². The molecule has 0 saturated heterocycles. The Bertz CT molecular complexity index is 844. The fourth-order valence-electron chi connectivity index (χ4n) is 2.00. The molecule has 2 amide bonds. The van der Waals surface area contributed by atoms with Gasteiger partial charge in [-0.3, -0.25) is 19.2 Å². The molecule has 0 aliphatic heterocycles. The molecule has 130 valence electrons. The van der Waals surface area contributed by atoms with E-state index in [2.05, 4.69) is 10.6 Å². The average Bonchev–Trinajstić information content (AvgIpc) is 2.55. The monoisotopic (exact) mass is 343 g/mol. The van der Waals surface area contributed by atoms with E-state index >= 15 is 0 Å². The summed E-state index contributed by atoms with van der Waals surface area (Å²) < 4.78 is 6.03. The number of anilines is 2. The number of rotatable bonds is 6. The molecule has 0 atom stereocenters. The Kier molecular flexibility index (Phi) is 6.05. The van der Waals surface area contributed by atoms with Crippen LogP contribution < -0.4 is 16.2 Å². The SMILES string of the molecule is CC(=O)Nc1cccc(NC(=O)COC(=O)Cn2ccccc2=O)c1. The number of aromatic nitrogens is 1. The zero-order valence-corrected chi connectivity index (χ0v) is 13.5. The van der Waals surface area contributed by atoms with Crippen LogP contribution in [0.1, 0.15) is 6.92 Å². The lowest BCUT2D eigenvalue weighted by atomic mass is 10.2. The predicted octanol–water partition coefficient (Wildman–Crippen LogP) is 0.989. The first-order chi connectivity index (χ1) is 11.9. The first-order valence-corrected chi connectivity index (χ1v) is 7.42.